The van der Waals surface area contributed by atoms with Gasteiger partial charge in [0.15, 0.2) is 0 Å². The van der Waals surface area contributed by atoms with E-state index >= 15 is 0 Å². The number of hydrogen-bond donors (Lipinski definition) is 1. The molecule has 1 heterocycles. The zero-order chi connectivity index (χ0) is 11.0. The predicted molar refractivity (Wildman–Crippen MR) is 60.7 cm³/mol. The average Bonchev–Trinajstić information content (AvgIpc) is 2.18. The first kappa shape index (κ1) is 9.90. The summed E-state index contributed by atoms with van der Waals surface area (Å²) in [6, 6.07) is 4.94. The summed E-state index contributed by atoms with van der Waals surface area (Å²) in [6.07, 6.45) is 0. The highest BCUT2D eigenvalue weighted by Gasteiger charge is 2.07. The smallest absolute Gasteiger partial charge is 0.124 e. The van der Waals surface area contributed by atoms with Crippen LogP contribution in [0, 0.1) is 19.7 Å². The Morgan fingerprint density at radius 2 is 1.93 bits per heavy atom. The number of anilines is 1. The lowest BCUT2D eigenvalue weighted by Crippen LogP contribution is -1.95. The summed E-state index contributed by atoms with van der Waals surface area (Å²) in [5.41, 5.74) is 3.58. The van der Waals surface area contributed by atoms with Gasteiger partial charge in [-0.2, -0.15) is 0 Å². The zero-order valence-electron chi connectivity index (χ0n) is 9.06. The van der Waals surface area contributed by atoms with Crippen molar-refractivity contribution in [1.29, 1.82) is 0 Å². The highest BCUT2D eigenvalue weighted by molar-refractivity contribution is 5.93. The highest BCUT2D eigenvalue weighted by atomic mass is 19.1. The Labute approximate surface area is 88.1 Å². The van der Waals surface area contributed by atoms with Crippen molar-refractivity contribution in [2.24, 2.45) is 0 Å². The van der Waals surface area contributed by atoms with Crippen LogP contribution in [0.4, 0.5) is 10.1 Å². The van der Waals surface area contributed by atoms with Gasteiger partial charge in [0, 0.05) is 23.8 Å². The van der Waals surface area contributed by atoms with Gasteiger partial charge in [0.1, 0.15) is 5.82 Å². The Morgan fingerprint density at radius 1 is 1.20 bits per heavy atom. The van der Waals surface area contributed by atoms with Gasteiger partial charge in [0.05, 0.1) is 5.52 Å². The summed E-state index contributed by atoms with van der Waals surface area (Å²) < 4.78 is 13.3. The molecule has 0 aliphatic rings. The van der Waals surface area contributed by atoms with Crippen LogP contribution in [0.15, 0.2) is 18.2 Å². The number of fused-ring (bicyclic) bond motifs is 1. The largest absolute Gasteiger partial charge is 0.388 e. The molecular weight excluding hydrogens is 191 g/mol. The lowest BCUT2D eigenvalue weighted by Gasteiger charge is -2.09. The third-order valence-corrected chi connectivity index (χ3v) is 2.47. The topological polar surface area (TPSA) is 24.9 Å². The van der Waals surface area contributed by atoms with Gasteiger partial charge in [-0.3, -0.25) is 4.98 Å². The van der Waals surface area contributed by atoms with Gasteiger partial charge in [-0.15, -0.1) is 0 Å². The Morgan fingerprint density at radius 3 is 2.60 bits per heavy atom. The van der Waals surface area contributed by atoms with Crippen molar-refractivity contribution >= 4 is 16.6 Å². The van der Waals surface area contributed by atoms with Crippen LogP contribution in [0.1, 0.15) is 11.3 Å². The molecule has 1 aromatic heterocycles. The van der Waals surface area contributed by atoms with Crippen LogP contribution in [-0.4, -0.2) is 12.0 Å². The molecule has 1 aromatic carbocycles. The molecule has 2 nitrogen and oxygen atoms in total. The molecule has 0 bridgehead atoms. The second-order valence-electron chi connectivity index (χ2n) is 3.68. The van der Waals surface area contributed by atoms with Crippen LogP contribution in [0.5, 0.6) is 0 Å². The standard InChI is InChI=1S/C12H13FN2/c1-7-4-9(13)6-10-11(14-3)5-8(2)15-12(7)10/h4-6H,1-3H3,(H,14,15). The first-order chi connectivity index (χ1) is 7.11. The van der Waals surface area contributed by atoms with E-state index < -0.39 is 0 Å². The average molecular weight is 204 g/mol. The molecule has 0 saturated carbocycles. The Balaban J connectivity index is 2.89. The van der Waals surface area contributed by atoms with Crippen LogP contribution in [0.25, 0.3) is 10.9 Å². The highest BCUT2D eigenvalue weighted by Crippen LogP contribution is 2.26. The van der Waals surface area contributed by atoms with E-state index in [1.807, 2.05) is 27.0 Å². The molecule has 15 heavy (non-hydrogen) atoms. The third-order valence-electron chi connectivity index (χ3n) is 2.47. The second kappa shape index (κ2) is 3.50. The van der Waals surface area contributed by atoms with Crippen molar-refractivity contribution in [3.63, 3.8) is 0 Å². The van der Waals surface area contributed by atoms with Gasteiger partial charge in [-0.1, -0.05) is 0 Å². The summed E-state index contributed by atoms with van der Waals surface area (Å²) in [7, 11) is 1.83. The fraction of sp³-hybridized carbons (Fsp3) is 0.250. The molecule has 3 heteroatoms. The summed E-state index contributed by atoms with van der Waals surface area (Å²) in [5, 5.41) is 3.89. The van der Waals surface area contributed by atoms with Crippen LogP contribution in [0.2, 0.25) is 0 Å². The van der Waals surface area contributed by atoms with Crippen LogP contribution in [0.3, 0.4) is 0 Å². The molecule has 0 aliphatic carbocycles. The van der Waals surface area contributed by atoms with E-state index in [2.05, 4.69) is 10.3 Å². The van der Waals surface area contributed by atoms with E-state index in [4.69, 9.17) is 0 Å². The predicted octanol–water partition coefficient (Wildman–Crippen LogP) is 3.03. The Hall–Kier alpha value is -1.64. The van der Waals surface area contributed by atoms with Crippen molar-refractivity contribution in [3.05, 3.63) is 35.3 Å². The summed E-state index contributed by atoms with van der Waals surface area (Å²) in [5.74, 6) is -0.220. The number of aromatic nitrogens is 1. The van der Waals surface area contributed by atoms with E-state index in [-0.39, 0.29) is 5.82 Å². The van der Waals surface area contributed by atoms with Gasteiger partial charge in [-0.05, 0) is 37.6 Å². The molecule has 0 unspecified atom stereocenters. The van der Waals surface area contributed by atoms with Gasteiger partial charge in [-0.25, -0.2) is 4.39 Å². The first-order valence-electron chi connectivity index (χ1n) is 4.87. The van der Waals surface area contributed by atoms with E-state index in [0.717, 1.165) is 27.8 Å². The van der Waals surface area contributed by atoms with Crippen molar-refractivity contribution in [2.45, 2.75) is 13.8 Å². The molecule has 0 saturated heterocycles. The lowest BCUT2D eigenvalue weighted by atomic mass is 10.1. The van der Waals surface area contributed by atoms with E-state index in [9.17, 15) is 4.39 Å². The molecule has 0 spiro atoms. The minimum absolute atomic E-state index is 0.220. The van der Waals surface area contributed by atoms with Gasteiger partial charge >= 0.3 is 0 Å². The molecule has 0 aliphatic heterocycles. The van der Waals surface area contributed by atoms with E-state index in [1.54, 1.807) is 0 Å². The number of nitrogens with zero attached hydrogens (tertiary/aromatic N) is 1. The maximum absolute atomic E-state index is 13.3. The number of halogens is 1. The molecule has 0 radical (unpaired) electrons. The van der Waals surface area contributed by atoms with Crippen molar-refractivity contribution in [2.75, 3.05) is 12.4 Å². The number of nitrogens with one attached hydrogen (secondary N) is 1. The van der Waals surface area contributed by atoms with Crippen molar-refractivity contribution in [1.82, 2.24) is 4.98 Å². The summed E-state index contributed by atoms with van der Waals surface area (Å²) in [6.45, 7) is 3.81. The third kappa shape index (κ3) is 1.65. The Bertz CT molecular complexity index is 521. The monoisotopic (exact) mass is 204 g/mol. The SMILES string of the molecule is CNc1cc(C)nc2c(C)cc(F)cc12. The summed E-state index contributed by atoms with van der Waals surface area (Å²) in [4.78, 5) is 4.42. The number of pyridine rings is 1. The number of aryl methyl sites for hydroxylation is 2. The first-order valence-corrected chi connectivity index (χ1v) is 4.87. The second-order valence-corrected chi connectivity index (χ2v) is 3.68. The fourth-order valence-electron chi connectivity index (χ4n) is 1.79. The molecule has 2 rings (SSSR count). The van der Waals surface area contributed by atoms with Gasteiger partial charge in [0.25, 0.3) is 0 Å². The minimum atomic E-state index is -0.220. The molecule has 78 valence electrons. The molecule has 1 N–H and O–H groups in total. The molecule has 0 atom stereocenters. The number of hydrogen-bond acceptors (Lipinski definition) is 2. The Kier molecular flexibility index (Phi) is 2.31. The molecular formula is C12H13FN2. The number of rotatable bonds is 1. The quantitative estimate of drug-likeness (QED) is 0.772. The van der Waals surface area contributed by atoms with Crippen LogP contribution >= 0.6 is 0 Å². The van der Waals surface area contributed by atoms with E-state index in [1.165, 1.54) is 12.1 Å². The normalized spacial score (nSPS) is 10.7. The minimum Gasteiger partial charge on any atom is -0.388 e. The fourth-order valence-corrected chi connectivity index (χ4v) is 1.79. The van der Waals surface area contributed by atoms with E-state index in [0.29, 0.717) is 0 Å². The van der Waals surface area contributed by atoms with Gasteiger partial charge in [0.2, 0.25) is 0 Å². The zero-order valence-corrected chi connectivity index (χ0v) is 9.06. The summed E-state index contributed by atoms with van der Waals surface area (Å²) >= 11 is 0. The molecule has 0 amide bonds. The van der Waals surface area contributed by atoms with Gasteiger partial charge < -0.3 is 5.32 Å². The maximum atomic E-state index is 13.3. The maximum Gasteiger partial charge on any atom is 0.124 e. The molecule has 2 aromatic rings. The van der Waals surface area contributed by atoms with Crippen molar-refractivity contribution in [3.8, 4) is 0 Å². The van der Waals surface area contributed by atoms with Crippen LogP contribution in [-0.2, 0) is 0 Å². The number of benzene rings is 1. The van der Waals surface area contributed by atoms with Crippen LogP contribution < -0.4 is 5.32 Å². The van der Waals surface area contributed by atoms with Crippen molar-refractivity contribution < 1.29 is 4.39 Å². The molecule has 0 fully saturated rings. The lowest BCUT2D eigenvalue weighted by molar-refractivity contribution is 0.628.